The fourth-order valence-electron chi connectivity index (χ4n) is 6.51. The van der Waals surface area contributed by atoms with E-state index in [1.54, 1.807) is 11.0 Å². The van der Waals surface area contributed by atoms with Crippen molar-refractivity contribution >= 4 is 28.4 Å². The third-order valence-electron chi connectivity index (χ3n) is 8.30. The summed E-state index contributed by atoms with van der Waals surface area (Å²) >= 11 is 0. The molecule has 0 saturated carbocycles. The molecule has 3 aromatic carbocycles. The number of anilines is 1. The summed E-state index contributed by atoms with van der Waals surface area (Å²) in [4.78, 5) is 30.4. The summed E-state index contributed by atoms with van der Waals surface area (Å²) in [6, 6.07) is 21.0. The Morgan fingerprint density at radius 3 is 2.41 bits per heavy atom. The molecule has 3 aromatic rings. The number of benzene rings is 3. The van der Waals surface area contributed by atoms with Gasteiger partial charge in [0, 0.05) is 36.9 Å². The van der Waals surface area contributed by atoms with E-state index in [2.05, 4.69) is 27.7 Å². The van der Waals surface area contributed by atoms with Crippen molar-refractivity contribution in [2.24, 2.45) is 0 Å². The smallest absolute Gasteiger partial charge is 0.318 e. The van der Waals surface area contributed by atoms with Crippen molar-refractivity contribution in [2.45, 2.75) is 69.2 Å². The molecule has 3 fully saturated rings. The molecule has 0 radical (unpaired) electrons. The first-order valence-electron chi connectivity index (χ1n) is 13.4. The number of fused-ring (bicyclic) bond motifs is 3. The lowest BCUT2D eigenvalue weighted by molar-refractivity contribution is -0.119. The number of halogens is 1. The van der Waals surface area contributed by atoms with Crippen LogP contribution in [0.5, 0.6) is 0 Å². The number of nitrogens with one attached hydrogen (secondary N) is 2. The van der Waals surface area contributed by atoms with Crippen LogP contribution in [0.3, 0.4) is 0 Å². The van der Waals surface area contributed by atoms with Gasteiger partial charge in [-0.15, -0.1) is 0 Å². The summed E-state index contributed by atoms with van der Waals surface area (Å²) in [6.45, 7) is 1.48. The molecule has 6 nitrogen and oxygen atoms in total. The lowest BCUT2D eigenvalue weighted by Gasteiger charge is -2.40. The first kappa shape index (κ1) is 23.9. The summed E-state index contributed by atoms with van der Waals surface area (Å²) in [7, 11) is 0. The van der Waals surface area contributed by atoms with Crippen LogP contribution in [0.25, 0.3) is 10.8 Å². The zero-order valence-corrected chi connectivity index (χ0v) is 20.9. The number of carbonyl (C=O) groups excluding carboxylic acids is 2. The van der Waals surface area contributed by atoms with Crippen molar-refractivity contribution < 1.29 is 14.0 Å². The second-order valence-electron chi connectivity index (χ2n) is 10.7. The molecule has 37 heavy (non-hydrogen) atoms. The molecule has 3 amide bonds. The number of para-hydroxylation sites is 1. The standard InChI is InChI=1S/C30H33FN4O2/c31-23-11-10-21-15-20(8-9-22(21)16-23)19-35-26-12-13-27(35)18-25(17-26)33-30(37)34-14-4-7-28(34)29(36)32-24-5-2-1-3-6-24/h1-3,5-6,8-11,15-16,25-28H,4,7,12-14,17-19H2,(H,32,36)(H,33,37)/t26-,27-,28+/m1/s1. The highest BCUT2D eigenvalue weighted by molar-refractivity contribution is 5.97. The summed E-state index contributed by atoms with van der Waals surface area (Å²) in [5.41, 5.74) is 1.99. The number of hydrogen-bond acceptors (Lipinski definition) is 3. The molecule has 2 bridgehead atoms. The fraction of sp³-hybridized carbons (Fsp3) is 0.400. The number of carbonyl (C=O) groups is 2. The predicted molar refractivity (Wildman–Crippen MR) is 143 cm³/mol. The lowest BCUT2D eigenvalue weighted by Crippen LogP contribution is -2.54. The van der Waals surface area contributed by atoms with E-state index in [1.165, 1.54) is 11.6 Å². The van der Waals surface area contributed by atoms with Crippen LogP contribution in [0, 0.1) is 5.82 Å². The average Bonchev–Trinajstić information content (AvgIpc) is 3.47. The van der Waals surface area contributed by atoms with Gasteiger partial charge in [-0.05, 0) is 85.2 Å². The minimum absolute atomic E-state index is 0.119. The molecule has 192 valence electrons. The summed E-state index contributed by atoms with van der Waals surface area (Å²) in [5, 5.41) is 8.20. The quantitative estimate of drug-likeness (QED) is 0.501. The zero-order chi connectivity index (χ0) is 25.4. The Kier molecular flexibility index (Phi) is 6.55. The molecule has 3 heterocycles. The molecule has 3 aliphatic heterocycles. The van der Waals surface area contributed by atoms with E-state index in [1.807, 2.05) is 42.5 Å². The van der Waals surface area contributed by atoms with Gasteiger partial charge in [0.15, 0.2) is 0 Å². The van der Waals surface area contributed by atoms with Gasteiger partial charge in [-0.25, -0.2) is 9.18 Å². The Morgan fingerprint density at radius 2 is 1.62 bits per heavy atom. The molecule has 6 rings (SSSR count). The summed E-state index contributed by atoms with van der Waals surface area (Å²) in [5.74, 6) is -0.327. The van der Waals surface area contributed by atoms with E-state index in [4.69, 9.17) is 0 Å². The Labute approximate surface area is 216 Å². The van der Waals surface area contributed by atoms with Crippen LogP contribution in [0.2, 0.25) is 0 Å². The monoisotopic (exact) mass is 500 g/mol. The Hall–Kier alpha value is -3.45. The van der Waals surface area contributed by atoms with Crippen molar-refractivity contribution in [1.82, 2.24) is 15.1 Å². The van der Waals surface area contributed by atoms with Gasteiger partial charge in [0.2, 0.25) is 5.91 Å². The van der Waals surface area contributed by atoms with Crippen molar-refractivity contribution in [1.29, 1.82) is 0 Å². The normalized spacial score (nSPS) is 25.4. The highest BCUT2D eigenvalue weighted by Crippen LogP contribution is 2.37. The lowest BCUT2D eigenvalue weighted by atomic mass is 9.96. The number of nitrogens with zero attached hydrogens (tertiary/aromatic N) is 2. The van der Waals surface area contributed by atoms with Crippen LogP contribution in [-0.4, -0.2) is 52.5 Å². The van der Waals surface area contributed by atoms with E-state index < -0.39 is 6.04 Å². The molecule has 0 unspecified atom stereocenters. The molecule has 3 saturated heterocycles. The van der Waals surface area contributed by atoms with Gasteiger partial charge in [-0.2, -0.15) is 0 Å². The van der Waals surface area contributed by atoms with Gasteiger partial charge in [0.05, 0.1) is 0 Å². The third-order valence-corrected chi connectivity index (χ3v) is 8.30. The van der Waals surface area contributed by atoms with Gasteiger partial charge in [-0.1, -0.05) is 36.4 Å². The Bertz CT molecular complexity index is 1290. The van der Waals surface area contributed by atoms with Crippen molar-refractivity contribution in [3.8, 4) is 0 Å². The topological polar surface area (TPSA) is 64.7 Å². The van der Waals surface area contributed by atoms with E-state index in [0.29, 0.717) is 25.0 Å². The highest BCUT2D eigenvalue weighted by atomic mass is 19.1. The van der Waals surface area contributed by atoms with Crippen LogP contribution in [0.1, 0.15) is 44.1 Å². The second-order valence-corrected chi connectivity index (χ2v) is 10.7. The predicted octanol–water partition coefficient (Wildman–Crippen LogP) is 5.29. The van der Waals surface area contributed by atoms with Crippen LogP contribution in [0.4, 0.5) is 14.9 Å². The van der Waals surface area contributed by atoms with Gasteiger partial charge in [0.1, 0.15) is 11.9 Å². The maximum atomic E-state index is 13.5. The maximum absolute atomic E-state index is 13.5. The zero-order valence-electron chi connectivity index (χ0n) is 20.9. The number of hydrogen-bond donors (Lipinski definition) is 2. The molecule has 3 atom stereocenters. The first-order chi connectivity index (χ1) is 18.0. The van der Waals surface area contributed by atoms with E-state index >= 15 is 0 Å². The highest BCUT2D eigenvalue weighted by Gasteiger charge is 2.42. The van der Waals surface area contributed by atoms with Crippen LogP contribution in [-0.2, 0) is 11.3 Å². The number of piperidine rings is 1. The number of rotatable bonds is 5. The molecule has 3 aliphatic rings. The molecule has 0 aliphatic carbocycles. The summed E-state index contributed by atoms with van der Waals surface area (Å²) < 4.78 is 13.5. The molecular formula is C30H33FN4O2. The van der Waals surface area contributed by atoms with Crippen molar-refractivity contribution in [3.05, 3.63) is 78.1 Å². The Morgan fingerprint density at radius 1 is 0.892 bits per heavy atom. The van der Waals surface area contributed by atoms with Gasteiger partial charge in [-0.3, -0.25) is 9.69 Å². The fourth-order valence-corrected chi connectivity index (χ4v) is 6.51. The van der Waals surface area contributed by atoms with Crippen LogP contribution < -0.4 is 10.6 Å². The van der Waals surface area contributed by atoms with E-state index in [9.17, 15) is 14.0 Å². The molecule has 7 heteroatoms. The van der Waals surface area contributed by atoms with Gasteiger partial charge < -0.3 is 15.5 Å². The summed E-state index contributed by atoms with van der Waals surface area (Å²) in [6.07, 6.45) is 5.66. The van der Waals surface area contributed by atoms with Crippen LogP contribution >= 0.6 is 0 Å². The SMILES string of the molecule is O=C(Nc1ccccc1)[C@@H]1CCCN1C(=O)NC1C[C@H]2CC[C@H](C1)N2Cc1ccc2cc(F)ccc2c1. The van der Waals surface area contributed by atoms with E-state index in [0.717, 1.165) is 55.1 Å². The largest absolute Gasteiger partial charge is 0.335 e. The average molecular weight is 501 g/mol. The number of amides is 3. The minimum atomic E-state index is -0.432. The van der Waals surface area contributed by atoms with E-state index in [-0.39, 0.29) is 23.8 Å². The number of likely N-dealkylation sites (tertiary alicyclic amines) is 1. The molecule has 0 aromatic heterocycles. The van der Waals surface area contributed by atoms with Crippen molar-refractivity contribution in [2.75, 3.05) is 11.9 Å². The molecular weight excluding hydrogens is 467 g/mol. The van der Waals surface area contributed by atoms with Crippen molar-refractivity contribution in [3.63, 3.8) is 0 Å². The first-order valence-corrected chi connectivity index (χ1v) is 13.4. The second kappa shape index (κ2) is 10.1. The molecule has 2 N–H and O–H groups in total. The number of urea groups is 1. The minimum Gasteiger partial charge on any atom is -0.335 e. The Balaban J connectivity index is 1.06. The molecule has 0 spiro atoms. The maximum Gasteiger partial charge on any atom is 0.318 e. The van der Waals surface area contributed by atoms with Gasteiger partial charge in [0.25, 0.3) is 0 Å². The van der Waals surface area contributed by atoms with Crippen LogP contribution in [0.15, 0.2) is 66.7 Å². The third kappa shape index (κ3) is 5.05. The van der Waals surface area contributed by atoms with Gasteiger partial charge >= 0.3 is 6.03 Å².